The fourth-order valence-corrected chi connectivity index (χ4v) is 1.32. The fraction of sp³-hybridized carbons (Fsp3) is 0.143. The van der Waals surface area contributed by atoms with E-state index in [1.165, 1.54) is 0 Å². The molecule has 9 heteroatoms. The Kier molecular flexibility index (Phi) is 5.54. The Morgan fingerprint density at radius 2 is 1.50 bits per heavy atom. The van der Waals surface area contributed by atoms with Crippen LogP contribution in [-0.2, 0) is 17.3 Å². The molecule has 0 bridgehead atoms. The summed E-state index contributed by atoms with van der Waals surface area (Å²) >= 11 is -2.98. The maximum absolute atomic E-state index is 12.7. The summed E-state index contributed by atoms with van der Waals surface area (Å²) in [6, 6.07) is 0.212. The van der Waals surface area contributed by atoms with Crippen molar-refractivity contribution in [1.29, 1.82) is 0 Å². The van der Waals surface area contributed by atoms with Gasteiger partial charge in [-0.05, 0) is 23.2 Å². The number of benzene rings is 1. The third-order valence-electron chi connectivity index (χ3n) is 1.49. The Balaban J connectivity index is 0.00000225. The van der Waals surface area contributed by atoms with Crippen LogP contribution in [0.5, 0.6) is 0 Å². The standard InChI is InChI=1S/C7H3F5O2S.Na/c8-4-1-3(15(13)14)2-5(9)6(4)7(10,11)12;/h1-2H,(H,13,14);/q;+1/p-1. The van der Waals surface area contributed by atoms with Crippen LogP contribution < -0.4 is 29.6 Å². The van der Waals surface area contributed by atoms with Gasteiger partial charge in [0, 0.05) is 4.90 Å². The molecule has 0 aliphatic heterocycles. The molecule has 0 radical (unpaired) electrons. The smallest absolute Gasteiger partial charge is 0.768 e. The van der Waals surface area contributed by atoms with Gasteiger partial charge in [-0.15, -0.1) is 0 Å². The normalized spacial score (nSPS) is 13.1. The third kappa shape index (κ3) is 3.49. The van der Waals surface area contributed by atoms with Gasteiger partial charge in [-0.3, -0.25) is 4.21 Å². The Bertz CT molecular complexity index is 397. The summed E-state index contributed by atoms with van der Waals surface area (Å²) < 4.78 is 82.0. The van der Waals surface area contributed by atoms with Gasteiger partial charge in [0.15, 0.2) is 0 Å². The molecule has 1 rings (SSSR count). The predicted molar refractivity (Wildman–Crippen MR) is 38.5 cm³/mol. The number of hydrogen-bond donors (Lipinski definition) is 0. The molecule has 1 aromatic carbocycles. The summed E-state index contributed by atoms with van der Waals surface area (Å²) in [4.78, 5) is -0.877. The van der Waals surface area contributed by atoms with Gasteiger partial charge in [0.2, 0.25) is 0 Å². The predicted octanol–water partition coefficient (Wildman–Crippen LogP) is -0.774. The fourth-order valence-electron chi connectivity index (χ4n) is 0.917. The van der Waals surface area contributed by atoms with E-state index in [1.54, 1.807) is 0 Å². The van der Waals surface area contributed by atoms with Gasteiger partial charge in [-0.25, -0.2) is 8.78 Å². The second-order valence-corrected chi connectivity index (χ2v) is 3.44. The molecule has 0 fully saturated rings. The van der Waals surface area contributed by atoms with Crippen LogP contribution in [0.25, 0.3) is 0 Å². The van der Waals surface area contributed by atoms with Crippen molar-refractivity contribution in [2.75, 3.05) is 0 Å². The summed E-state index contributed by atoms with van der Waals surface area (Å²) in [7, 11) is 0. The van der Waals surface area contributed by atoms with Crippen molar-refractivity contribution < 1.29 is 60.3 Å². The first kappa shape index (κ1) is 16.0. The quantitative estimate of drug-likeness (QED) is 0.381. The number of alkyl halides is 3. The van der Waals surface area contributed by atoms with E-state index in [0.29, 0.717) is 0 Å². The minimum absolute atomic E-state index is 0. The summed E-state index contributed by atoms with van der Waals surface area (Å²) in [5, 5.41) is 0. The molecule has 1 unspecified atom stereocenters. The summed E-state index contributed by atoms with van der Waals surface area (Å²) in [5.41, 5.74) is -2.10. The van der Waals surface area contributed by atoms with E-state index in [9.17, 15) is 30.7 Å². The van der Waals surface area contributed by atoms with Gasteiger partial charge in [0.05, 0.1) is 0 Å². The third-order valence-corrected chi connectivity index (χ3v) is 2.11. The van der Waals surface area contributed by atoms with E-state index in [2.05, 4.69) is 0 Å². The van der Waals surface area contributed by atoms with Crippen LogP contribution in [0, 0.1) is 11.6 Å². The molecular weight excluding hydrogens is 266 g/mol. The van der Waals surface area contributed by atoms with Gasteiger partial charge >= 0.3 is 35.7 Å². The maximum Gasteiger partial charge on any atom is 1.00 e. The molecule has 1 atom stereocenters. The Morgan fingerprint density at radius 1 is 1.12 bits per heavy atom. The van der Waals surface area contributed by atoms with E-state index in [4.69, 9.17) is 0 Å². The first-order valence-corrected chi connectivity index (χ1v) is 4.46. The van der Waals surface area contributed by atoms with Gasteiger partial charge in [0.1, 0.15) is 17.2 Å². The molecule has 0 saturated carbocycles. The Hall–Kier alpha value is -0.0200. The van der Waals surface area contributed by atoms with E-state index in [1.807, 2.05) is 0 Å². The summed E-state index contributed by atoms with van der Waals surface area (Å²) in [5.74, 6) is -3.91. The van der Waals surface area contributed by atoms with Crippen LogP contribution in [0.1, 0.15) is 5.56 Å². The molecular formula is C7H2F5NaO2S. The van der Waals surface area contributed by atoms with Crippen LogP contribution in [0.3, 0.4) is 0 Å². The summed E-state index contributed by atoms with van der Waals surface area (Å²) in [6.07, 6.45) is -5.20. The largest absolute Gasteiger partial charge is 1.00 e. The molecule has 0 aromatic heterocycles. The van der Waals surface area contributed by atoms with Gasteiger partial charge < -0.3 is 4.55 Å². The van der Waals surface area contributed by atoms with Crippen LogP contribution in [0.15, 0.2) is 17.0 Å². The minimum atomic E-state index is -5.20. The van der Waals surface area contributed by atoms with Gasteiger partial charge in [0.25, 0.3) is 0 Å². The molecule has 0 aliphatic rings. The first-order chi connectivity index (χ1) is 6.73. The van der Waals surface area contributed by atoms with Crippen molar-refractivity contribution in [2.24, 2.45) is 0 Å². The van der Waals surface area contributed by atoms with Crippen LogP contribution in [0.4, 0.5) is 22.0 Å². The number of rotatable bonds is 1. The molecule has 0 aliphatic carbocycles. The molecule has 1 aromatic rings. The molecule has 16 heavy (non-hydrogen) atoms. The van der Waals surface area contributed by atoms with Crippen molar-refractivity contribution in [3.63, 3.8) is 0 Å². The van der Waals surface area contributed by atoms with Crippen molar-refractivity contribution in [2.45, 2.75) is 11.1 Å². The molecule has 0 N–H and O–H groups in total. The molecule has 0 amide bonds. The van der Waals surface area contributed by atoms with E-state index >= 15 is 0 Å². The molecule has 2 nitrogen and oxygen atoms in total. The summed E-state index contributed by atoms with van der Waals surface area (Å²) in [6.45, 7) is 0. The Morgan fingerprint density at radius 3 is 1.75 bits per heavy atom. The van der Waals surface area contributed by atoms with Crippen molar-refractivity contribution in [1.82, 2.24) is 0 Å². The van der Waals surface area contributed by atoms with Crippen molar-refractivity contribution >= 4 is 11.1 Å². The van der Waals surface area contributed by atoms with Gasteiger partial charge in [-0.1, -0.05) is 0 Å². The molecule has 0 saturated heterocycles. The molecule has 84 valence electrons. The second-order valence-electron chi connectivity index (χ2n) is 2.49. The molecule has 0 heterocycles. The zero-order chi connectivity index (χ0) is 11.8. The average molecular weight is 268 g/mol. The maximum atomic E-state index is 12.7. The topological polar surface area (TPSA) is 40.1 Å². The zero-order valence-electron chi connectivity index (χ0n) is 7.77. The number of halogens is 5. The Labute approximate surface area is 111 Å². The zero-order valence-corrected chi connectivity index (χ0v) is 10.6. The van der Waals surface area contributed by atoms with Crippen molar-refractivity contribution in [3.8, 4) is 0 Å². The second kappa shape index (κ2) is 5.54. The van der Waals surface area contributed by atoms with Crippen LogP contribution >= 0.6 is 0 Å². The first-order valence-electron chi connectivity index (χ1n) is 3.39. The van der Waals surface area contributed by atoms with E-state index in [0.717, 1.165) is 0 Å². The van der Waals surface area contributed by atoms with Crippen LogP contribution in [0.2, 0.25) is 0 Å². The average Bonchev–Trinajstić information content (AvgIpc) is 1.99. The monoisotopic (exact) mass is 268 g/mol. The number of hydrogen-bond acceptors (Lipinski definition) is 2. The van der Waals surface area contributed by atoms with Crippen LogP contribution in [-0.4, -0.2) is 8.76 Å². The molecule has 0 spiro atoms. The minimum Gasteiger partial charge on any atom is -0.768 e. The SMILES string of the molecule is O=S([O-])c1cc(F)c(C(F)(F)F)c(F)c1.[Na+]. The van der Waals surface area contributed by atoms with E-state index < -0.39 is 39.4 Å². The van der Waals surface area contributed by atoms with Crippen molar-refractivity contribution in [3.05, 3.63) is 29.3 Å². The van der Waals surface area contributed by atoms with E-state index in [-0.39, 0.29) is 41.7 Å². The van der Waals surface area contributed by atoms with Gasteiger partial charge in [-0.2, -0.15) is 13.2 Å².